The fourth-order valence-corrected chi connectivity index (χ4v) is 7.25. The van der Waals surface area contributed by atoms with E-state index in [1.54, 1.807) is 36.4 Å². The van der Waals surface area contributed by atoms with Gasteiger partial charge in [0.25, 0.3) is 5.69 Å². The number of rotatable bonds is 5. The van der Waals surface area contributed by atoms with Crippen molar-refractivity contribution in [1.82, 2.24) is 0 Å². The largest absolute Gasteiger partial charge is 0.352 e. The molecule has 0 aliphatic carbocycles. The number of para-hydroxylation sites is 2. The number of nitro benzene ring substituents is 1. The number of carbonyl (C=O) groups is 3. The number of hydrogen-bond donors (Lipinski definition) is 1. The van der Waals surface area contributed by atoms with E-state index in [2.05, 4.69) is 5.32 Å². The van der Waals surface area contributed by atoms with Crippen LogP contribution in [0, 0.1) is 16.0 Å². The van der Waals surface area contributed by atoms with Crippen molar-refractivity contribution in [2.24, 2.45) is 5.92 Å². The van der Waals surface area contributed by atoms with E-state index in [0.717, 1.165) is 16.8 Å². The number of benzene rings is 4. The van der Waals surface area contributed by atoms with Gasteiger partial charge in [0.15, 0.2) is 11.6 Å². The maximum Gasteiger partial charge on any atom is 0.270 e. The summed E-state index contributed by atoms with van der Waals surface area (Å²) in [7, 11) is 0. The Morgan fingerprint density at radius 1 is 0.907 bits per heavy atom. The average molecular weight is 590 g/mol. The van der Waals surface area contributed by atoms with Crippen LogP contribution in [0.5, 0.6) is 0 Å². The zero-order valence-electron chi connectivity index (χ0n) is 22.9. The summed E-state index contributed by atoms with van der Waals surface area (Å²) >= 11 is 6.15. The van der Waals surface area contributed by atoms with Crippen molar-refractivity contribution in [3.63, 3.8) is 0 Å². The molecule has 1 amide bonds. The predicted molar refractivity (Wildman–Crippen MR) is 164 cm³/mol. The lowest BCUT2D eigenvalue weighted by atomic mass is 9.64. The summed E-state index contributed by atoms with van der Waals surface area (Å²) in [5.74, 6) is -2.52. The van der Waals surface area contributed by atoms with Gasteiger partial charge in [-0.05, 0) is 54.5 Å². The van der Waals surface area contributed by atoms with Crippen molar-refractivity contribution >= 4 is 51.7 Å². The molecule has 1 N–H and O–H groups in total. The third-order valence-electron chi connectivity index (χ3n) is 8.91. The highest BCUT2D eigenvalue weighted by Crippen LogP contribution is 2.58. The first kappa shape index (κ1) is 26.8. The molecule has 4 atom stereocenters. The summed E-state index contributed by atoms with van der Waals surface area (Å²) in [5, 5.41) is 15.1. The van der Waals surface area contributed by atoms with E-state index in [0.29, 0.717) is 21.8 Å². The highest BCUT2D eigenvalue weighted by atomic mass is 35.5. The second-order valence-electron chi connectivity index (χ2n) is 11.1. The molecule has 8 nitrogen and oxygen atoms in total. The minimum absolute atomic E-state index is 0.0542. The smallest absolute Gasteiger partial charge is 0.270 e. The molecule has 4 aromatic carbocycles. The maximum atomic E-state index is 14.9. The van der Waals surface area contributed by atoms with Crippen LogP contribution in [0.1, 0.15) is 38.8 Å². The second-order valence-corrected chi connectivity index (χ2v) is 11.5. The number of ketones is 2. The van der Waals surface area contributed by atoms with Gasteiger partial charge in [-0.25, -0.2) is 0 Å². The van der Waals surface area contributed by atoms with Gasteiger partial charge in [-0.15, -0.1) is 0 Å². The van der Waals surface area contributed by atoms with E-state index in [9.17, 15) is 24.5 Å². The zero-order chi connectivity index (χ0) is 30.0. The van der Waals surface area contributed by atoms with Crippen molar-refractivity contribution in [2.45, 2.75) is 24.4 Å². The van der Waals surface area contributed by atoms with Gasteiger partial charge in [-0.3, -0.25) is 24.5 Å². The van der Waals surface area contributed by atoms with Crippen LogP contribution in [0.3, 0.4) is 0 Å². The van der Waals surface area contributed by atoms with E-state index in [-0.39, 0.29) is 17.0 Å². The highest BCUT2D eigenvalue weighted by Gasteiger charge is 2.70. The van der Waals surface area contributed by atoms with Crippen molar-refractivity contribution in [1.29, 1.82) is 0 Å². The average Bonchev–Trinajstić information content (AvgIpc) is 3.49. The van der Waals surface area contributed by atoms with Gasteiger partial charge in [0.2, 0.25) is 5.91 Å². The Kier molecular flexibility index (Phi) is 6.07. The van der Waals surface area contributed by atoms with E-state index in [1.807, 2.05) is 54.3 Å². The molecule has 0 unspecified atom stereocenters. The molecule has 3 aliphatic rings. The third kappa shape index (κ3) is 3.79. The van der Waals surface area contributed by atoms with Crippen LogP contribution in [0.25, 0.3) is 5.57 Å². The fourth-order valence-electron chi connectivity index (χ4n) is 7.12. The van der Waals surface area contributed by atoms with Crippen LogP contribution in [-0.4, -0.2) is 34.5 Å². The summed E-state index contributed by atoms with van der Waals surface area (Å²) < 4.78 is 0. The molecule has 0 saturated carbocycles. The minimum Gasteiger partial charge on any atom is -0.352 e. The second kappa shape index (κ2) is 9.74. The van der Waals surface area contributed by atoms with Crippen molar-refractivity contribution < 1.29 is 19.3 Å². The molecular formula is C34H24ClN3O5. The molecule has 0 aromatic heterocycles. The number of carbonyl (C=O) groups excluding carboxylic acids is 3. The number of anilines is 2. The molecule has 7 rings (SSSR count). The number of fused-ring (bicyclic) bond motifs is 6. The molecule has 1 spiro atoms. The number of hydrogen-bond acceptors (Lipinski definition) is 6. The van der Waals surface area contributed by atoms with E-state index < -0.39 is 40.0 Å². The first-order valence-electron chi connectivity index (χ1n) is 13.8. The van der Waals surface area contributed by atoms with E-state index in [4.69, 9.17) is 11.6 Å². The molecule has 43 heavy (non-hydrogen) atoms. The van der Waals surface area contributed by atoms with Gasteiger partial charge in [0.1, 0.15) is 11.5 Å². The van der Waals surface area contributed by atoms with Gasteiger partial charge >= 0.3 is 0 Å². The van der Waals surface area contributed by atoms with Crippen LogP contribution >= 0.6 is 11.6 Å². The summed E-state index contributed by atoms with van der Waals surface area (Å²) in [6.45, 7) is 1.95. The molecule has 3 heterocycles. The number of nitrogens with zero attached hydrogens (tertiary/aromatic N) is 2. The highest BCUT2D eigenvalue weighted by molar-refractivity contribution is 6.30. The first-order valence-corrected chi connectivity index (χ1v) is 14.2. The number of halogens is 1. The lowest BCUT2D eigenvalue weighted by molar-refractivity contribution is -0.384. The zero-order valence-corrected chi connectivity index (χ0v) is 23.6. The Bertz CT molecular complexity index is 1900. The Labute approximate surface area is 251 Å². The molecule has 1 fully saturated rings. The Morgan fingerprint density at radius 2 is 1.63 bits per heavy atom. The third-order valence-corrected chi connectivity index (χ3v) is 9.16. The summed E-state index contributed by atoms with van der Waals surface area (Å²) in [4.78, 5) is 57.0. The van der Waals surface area contributed by atoms with Gasteiger partial charge in [-0.1, -0.05) is 66.2 Å². The number of Topliss-reactive ketones (excluding diaryl/α,β-unsaturated/α-hetero) is 2. The number of amides is 1. The lowest BCUT2D eigenvalue weighted by Gasteiger charge is -2.39. The standard InChI is InChI=1S/C34H24ClN3O5/c1-19-17-28-34(25-10-3-4-11-26(25)36-33(34)41)29(31(39)21-7-6-8-23(18-21)38(42)43)30(32(40)20-13-15-22(35)16-14-20)37(28)27-12-5-2-9-24(19)27/h2-18,28-30H,1H3,(H,36,41)/t28-,29+,30-,34-/m0/s1. The summed E-state index contributed by atoms with van der Waals surface area (Å²) in [6.07, 6.45) is 1.97. The maximum absolute atomic E-state index is 14.9. The quantitative estimate of drug-likeness (QED) is 0.162. The van der Waals surface area contributed by atoms with Gasteiger partial charge in [0, 0.05) is 45.2 Å². The van der Waals surface area contributed by atoms with Crippen LogP contribution in [0.4, 0.5) is 17.1 Å². The van der Waals surface area contributed by atoms with Gasteiger partial charge < -0.3 is 10.2 Å². The Balaban J connectivity index is 1.55. The van der Waals surface area contributed by atoms with E-state index >= 15 is 0 Å². The molecule has 0 bridgehead atoms. The van der Waals surface area contributed by atoms with Crippen molar-refractivity contribution in [3.05, 3.63) is 141 Å². The Morgan fingerprint density at radius 3 is 2.40 bits per heavy atom. The van der Waals surface area contributed by atoms with E-state index in [1.165, 1.54) is 24.3 Å². The monoisotopic (exact) mass is 589 g/mol. The number of allylic oxidation sites excluding steroid dienone is 1. The van der Waals surface area contributed by atoms with Crippen LogP contribution in [0.2, 0.25) is 5.02 Å². The van der Waals surface area contributed by atoms with Crippen LogP contribution < -0.4 is 10.2 Å². The normalized spacial score (nSPS) is 23.2. The molecule has 1 saturated heterocycles. The number of nitro groups is 1. The van der Waals surface area contributed by atoms with Crippen LogP contribution in [0.15, 0.2) is 103 Å². The fraction of sp³-hybridized carbons (Fsp3) is 0.147. The summed E-state index contributed by atoms with van der Waals surface area (Å²) in [5.41, 5.74) is 2.31. The SMILES string of the molecule is CC1=C[C@@H]2N(c3ccccc31)[C@H](C(=O)c1ccc(Cl)cc1)[C@H](C(=O)c1cccc([N+](=O)[O-])c1)[C@@]21C(=O)Nc2ccccc21. The minimum atomic E-state index is -1.51. The van der Waals surface area contributed by atoms with Gasteiger partial charge in [0.05, 0.1) is 16.9 Å². The molecule has 212 valence electrons. The first-order chi connectivity index (χ1) is 20.7. The van der Waals surface area contributed by atoms with Crippen LogP contribution in [-0.2, 0) is 10.2 Å². The molecule has 3 aliphatic heterocycles. The molecule has 4 aromatic rings. The topological polar surface area (TPSA) is 110 Å². The van der Waals surface area contributed by atoms with Crippen molar-refractivity contribution in [2.75, 3.05) is 10.2 Å². The Hall–Kier alpha value is -5.08. The number of nitrogens with one attached hydrogen (secondary N) is 1. The van der Waals surface area contributed by atoms with Gasteiger partial charge in [-0.2, -0.15) is 0 Å². The van der Waals surface area contributed by atoms with Crippen molar-refractivity contribution in [3.8, 4) is 0 Å². The lowest BCUT2D eigenvalue weighted by Crippen LogP contribution is -2.51. The molecule has 9 heteroatoms. The summed E-state index contributed by atoms with van der Waals surface area (Å²) in [6, 6.07) is 24.9. The molecule has 0 radical (unpaired) electrons. The molecular weight excluding hydrogens is 566 g/mol. The predicted octanol–water partition coefficient (Wildman–Crippen LogP) is 6.49. The number of non-ortho nitro benzene ring substituents is 1.